The lowest BCUT2D eigenvalue weighted by Gasteiger charge is -2.03. The van der Waals surface area contributed by atoms with Gasteiger partial charge in [-0.2, -0.15) is 11.8 Å². The molecule has 0 unspecified atom stereocenters. The molecule has 0 spiro atoms. The van der Waals surface area contributed by atoms with Crippen molar-refractivity contribution in [2.24, 2.45) is 0 Å². The maximum atomic E-state index is 3.87. The highest BCUT2D eigenvalue weighted by Gasteiger charge is 1.94. The van der Waals surface area contributed by atoms with Crippen LogP contribution in [0.5, 0.6) is 0 Å². The van der Waals surface area contributed by atoms with Crippen LogP contribution in [-0.2, 0) is 6.54 Å². The summed E-state index contributed by atoms with van der Waals surface area (Å²) in [5, 5.41) is 8.30. The molecule has 0 aliphatic heterocycles. The summed E-state index contributed by atoms with van der Waals surface area (Å²) in [6.45, 7) is 5.36. The number of nitrogens with zero attached hydrogens (tertiary/aromatic N) is 3. The average Bonchev–Trinajstić information content (AvgIpc) is 2.39. The van der Waals surface area contributed by atoms with Gasteiger partial charge < -0.3 is 0 Å². The Morgan fingerprint density at radius 1 is 1.55 bits per heavy atom. The number of aryl methyl sites for hydroxylation is 1. The van der Waals surface area contributed by atoms with E-state index in [0.29, 0.717) is 5.25 Å². The summed E-state index contributed by atoms with van der Waals surface area (Å²) >= 11 is 1.94. The Balaban J connectivity index is 2.14. The molecule has 3 nitrogen and oxygen atoms in total. The molecule has 0 N–H and O–H groups in total. The van der Waals surface area contributed by atoms with Gasteiger partial charge in [-0.05, 0) is 5.25 Å². The first-order valence-corrected chi connectivity index (χ1v) is 4.79. The van der Waals surface area contributed by atoms with Crippen LogP contribution >= 0.6 is 11.8 Å². The fraction of sp³-hybridized carbons (Fsp3) is 0.714. The topological polar surface area (TPSA) is 30.7 Å². The molecule has 1 rings (SSSR count). The van der Waals surface area contributed by atoms with Gasteiger partial charge in [0.1, 0.15) is 0 Å². The van der Waals surface area contributed by atoms with E-state index in [4.69, 9.17) is 0 Å². The third-order valence-electron chi connectivity index (χ3n) is 1.24. The smallest absolute Gasteiger partial charge is 0.0692 e. The summed E-state index contributed by atoms with van der Waals surface area (Å²) < 4.78 is 1.86. The van der Waals surface area contributed by atoms with Crippen molar-refractivity contribution in [3.8, 4) is 0 Å². The number of hydrogen-bond donors (Lipinski definition) is 0. The van der Waals surface area contributed by atoms with Crippen molar-refractivity contribution >= 4 is 11.8 Å². The molecule has 0 bridgehead atoms. The molecule has 4 heteroatoms. The Labute approximate surface area is 71.2 Å². The first-order valence-electron chi connectivity index (χ1n) is 3.75. The first kappa shape index (κ1) is 8.59. The zero-order chi connectivity index (χ0) is 8.10. The third-order valence-corrected chi connectivity index (χ3v) is 2.33. The minimum absolute atomic E-state index is 0.707. The first-order chi connectivity index (χ1) is 5.29. The van der Waals surface area contributed by atoms with Crippen LogP contribution in [0.2, 0.25) is 0 Å². The maximum Gasteiger partial charge on any atom is 0.0692 e. The molecule has 1 aromatic rings. The van der Waals surface area contributed by atoms with Crippen LogP contribution in [0.25, 0.3) is 0 Å². The Bertz CT molecular complexity index is 184. The van der Waals surface area contributed by atoms with Crippen LogP contribution in [0.4, 0.5) is 0 Å². The van der Waals surface area contributed by atoms with Crippen LogP contribution in [0, 0.1) is 0 Å². The average molecular weight is 171 g/mol. The summed E-state index contributed by atoms with van der Waals surface area (Å²) in [5.41, 5.74) is 0. The van der Waals surface area contributed by atoms with Gasteiger partial charge in [0.25, 0.3) is 0 Å². The van der Waals surface area contributed by atoms with Crippen LogP contribution < -0.4 is 0 Å². The van der Waals surface area contributed by atoms with E-state index in [0.717, 1.165) is 12.3 Å². The van der Waals surface area contributed by atoms with E-state index in [1.165, 1.54) is 0 Å². The van der Waals surface area contributed by atoms with E-state index >= 15 is 0 Å². The summed E-state index contributed by atoms with van der Waals surface area (Å²) in [6.07, 6.45) is 3.60. The molecule has 0 amide bonds. The van der Waals surface area contributed by atoms with E-state index in [1.54, 1.807) is 6.20 Å². The Morgan fingerprint density at radius 3 is 2.91 bits per heavy atom. The zero-order valence-corrected chi connectivity index (χ0v) is 7.71. The van der Waals surface area contributed by atoms with E-state index in [-0.39, 0.29) is 0 Å². The predicted molar refractivity (Wildman–Crippen MR) is 47.6 cm³/mol. The van der Waals surface area contributed by atoms with Crippen molar-refractivity contribution in [3.63, 3.8) is 0 Å². The molecule has 62 valence electrons. The van der Waals surface area contributed by atoms with E-state index in [2.05, 4.69) is 24.2 Å². The molecule has 1 aromatic heterocycles. The molecule has 0 saturated carbocycles. The predicted octanol–water partition coefficient (Wildman–Crippen LogP) is 1.42. The molecular weight excluding hydrogens is 158 g/mol. The van der Waals surface area contributed by atoms with Crippen molar-refractivity contribution < 1.29 is 0 Å². The zero-order valence-electron chi connectivity index (χ0n) is 6.90. The van der Waals surface area contributed by atoms with Gasteiger partial charge in [-0.15, -0.1) is 5.10 Å². The molecule has 0 aromatic carbocycles. The van der Waals surface area contributed by atoms with Crippen LogP contribution in [0.1, 0.15) is 13.8 Å². The maximum absolute atomic E-state index is 3.87. The lowest BCUT2D eigenvalue weighted by molar-refractivity contribution is 0.632. The number of thioether (sulfide) groups is 1. The summed E-state index contributed by atoms with van der Waals surface area (Å²) in [5.74, 6) is 1.11. The highest BCUT2D eigenvalue weighted by molar-refractivity contribution is 7.99. The quantitative estimate of drug-likeness (QED) is 0.686. The fourth-order valence-electron chi connectivity index (χ4n) is 0.734. The van der Waals surface area contributed by atoms with Crippen LogP contribution in [0.3, 0.4) is 0 Å². The molecule has 0 radical (unpaired) electrons. The van der Waals surface area contributed by atoms with Gasteiger partial charge in [-0.1, -0.05) is 19.1 Å². The van der Waals surface area contributed by atoms with Gasteiger partial charge in [-0.25, -0.2) is 0 Å². The van der Waals surface area contributed by atoms with Gasteiger partial charge in [-0.3, -0.25) is 4.68 Å². The number of aromatic nitrogens is 3. The van der Waals surface area contributed by atoms with Gasteiger partial charge >= 0.3 is 0 Å². The highest BCUT2D eigenvalue weighted by Crippen LogP contribution is 2.08. The normalized spacial score (nSPS) is 10.8. The molecule has 0 atom stereocenters. The van der Waals surface area contributed by atoms with Gasteiger partial charge in [0.15, 0.2) is 0 Å². The minimum atomic E-state index is 0.707. The SMILES string of the molecule is CC(C)SCCn1ccnn1. The van der Waals surface area contributed by atoms with Crippen molar-refractivity contribution in [3.05, 3.63) is 12.4 Å². The summed E-state index contributed by atoms with van der Waals surface area (Å²) in [6, 6.07) is 0. The second kappa shape index (κ2) is 4.38. The summed E-state index contributed by atoms with van der Waals surface area (Å²) in [4.78, 5) is 0. The molecule has 11 heavy (non-hydrogen) atoms. The Hall–Kier alpha value is -0.510. The summed E-state index contributed by atoms with van der Waals surface area (Å²) in [7, 11) is 0. The van der Waals surface area contributed by atoms with Gasteiger partial charge in [0.2, 0.25) is 0 Å². The van der Waals surface area contributed by atoms with Crippen molar-refractivity contribution in [2.45, 2.75) is 25.6 Å². The molecule has 0 fully saturated rings. The molecule has 1 heterocycles. The fourth-order valence-corrected chi connectivity index (χ4v) is 1.50. The standard InChI is InChI=1S/C7H13N3S/c1-7(2)11-6-5-10-4-3-8-9-10/h3-4,7H,5-6H2,1-2H3. The second-order valence-electron chi connectivity index (χ2n) is 2.59. The minimum Gasteiger partial charge on any atom is -0.252 e. The molecule has 0 aliphatic rings. The number of hydrogen-bond acceptors (Lipinski definition) is 3. The van der Waals surface area contributed by atoms with Crippen LogP contribution in [-0.4, -0.2) is 26.0 Å². The van der Waals surface area contributed by atoms with Crippen molar-refractivity contribution in [1.82, 2.24) is 15.0 Å². The lowest BCUT2D eigenvalue weighted by atomic mass is 10.6. The van der Waals surface area contributed by atoms with Gasteiger partial charge in [0.05, 0.1) is 12.7 Å². The lowest BCUT2D eigenvalue weighted by Crippen LogP contribution is -2.03. The largest absolute Gasteiger partial charge is 0.252 e. The van der Waals surface area contributed by atoms with Crippen molar-refractivity contribution in [1.29, 1.82) is 0 Å². The Morgan fingerprint density at radius 2 is 2.36 bits per heavy atom. The van der Waals surface area contributed by atoms with E-state index < -0.39 is 0 Å². The van der Waals surface area contributed by atoms with Crippen LogP contribution in [0.15, 0.2) is 12.4 Å². The molecule has 0 saturated heterocycles. The van der Waals surface area contributed by atoms with Gasteiger partial charge in [0, 0.05) is 11.9 Å². The highest BCUT2D eigenvalue weighted by atomic mass is 32.2. The molecule has 0 aliphatic carbocycles. The molecular formula is C7H13N3S. The Kier molecular flexibility index (Phi) is 3.42. The van der Waals surface area contributed by atoms with E-state index in [1.807, 2.05) is 22.6 Å². The number of rotatable bonds is 4. The third kappa shape index (κ3) is 3.41. The van der Waals surface area contributed by atoms with E-state index in [9.17, 15) is 0 Å². The van der Waals surface area contributed by atoms with Crippen molar-refractivity contribution in [2.75, 3.05) is 5.75 Å². The monoisotopic (exact) mass is 171 g/mol. The second-order valence-corrected chi connectivity index (χ2v) is 4.27.